The minimum absolute atomic E-state index is 0.0573. The molecule has 1 atom stereocenters. The lowest BCUT2D eigenvalue weighted by Gasteiger charge is -2.21. The minimum atomic E-state index is -0.0573. The summed E-state index contributed by atoms with van der Waals surface area (Å²) in [4.78, 5) is 0. The highest BCUT2D eigenvalue weighted by Gasteiger charge is 2.23. The second-order valence-corrected chi connectivity index (χ2v) is 7.75. The van der Waals surface area contributed by atoms with Gasteiger partial charge in [0, 0.05) is 15.6 Å². The first-order valence-corrected chi connectivity index (χ1v) is 8.86. The maximum absolute atomic E-state index is 6.33. The fraction of sp³-hybridized carbons (Fsp3) is 0.333. The summed E-state index contributed by atoms with van der Waals surface area (Å²) >= 11 is 17.4. The van der Waals surface area contributed by atoms with Gasteiger partial charge in [0.25, 0.3) is 0 Å². The number of rotatable bonds is 5. The maximum Gasteiger partial charge on any atom is 0.124 e. The van der Waals surface area contributed by atoms with Gasteiger partial charge in [-0.2, -0.15) is 0 Å². The Kier molecular flexibility index (Phi) is 5.97. The topological polar surface area (TPSA) is 21.3 Å². The predicted molar refractivity (Wildman–Crippen MR) is 95.3 cm³/mol. The molecule has 0 aliphatic heterocycles. The second kappa shape index (κ2) is 7.34. The molecule has 1 aromatic carbocycles. The van der Waals surface area contributed by atoms with Crippen LogP contribution < -0.4 is 10.1 Å². The molecule has 1 aromatic heterocycles. The quantitative estimate of drug-likeness (QED) is 0.671. The van der Waals surface area contributed by atoms with Crippen molar-refractivity contribution < 1.29 is 4.74 Å². The lowest BCUT2D eigenvalue weighted by Crippen LogP contribution is -2.22. The number of ether oxygens (including phenoxy) is 1. The van der Waals surface area contributed by atoms with Gasteiger partial charge in [0.2, 0.25) is 0 Å². The lowest BCUT2D eigenvalue weighted by atomic mass is 9.98. The Balaban J connectivity index is 2.57. The van der Waals surface area contributed by atoms with Crippen molar-refractivity contribution in [3.63, 3.8) is 0 Å². The summed E-state index contributed by atoms with van der Waals surface area (Å²) in [5.74, 6) is 0.833. The molecular weight excluding hydrogens is 393 g/mol. The lowest BCUT2D eigenvalue weighted by molar-refractivity contribution is 0.404. The van der Waals surface area contributed by atoms with Crippen LogP contribution in [0.25, 0.3) is 0 Å². The fourth-order valence-electron chi connectivity index (χ4n) is 2.21. The van der Waals surface area contributed by atoms with Crippen LogP contribution in [0.4, 0.5) is 0 Å². The standard InChI is InChI=1S/C15H16BrCl2NOS/c1-4-19-14(10-7-13(17)21-15(10)18)9-6-11(16)8(2)5-12(9)20-3/h5-7,14,19H,4H2,1-3H3. The van der Waals surface area contributed by atoms with Gasteiger partial charge in [-0.05, 0) is 37.2 Å². The molecule has 1 heterocycles. The van der Waals surface area contributed by atoms with Gasteiger partial charge in [-0.1, -0.05) is 46.1 Å². The SMILES string of the molecule is CCNC(c1cc(Br)c(C)cc1OC)c1cc(Cl)sc1Cl. The van der Waals surface area contributed by atoms with Crippen molar-refractivity contribution in [2.24, 2.45) is 0 Å². The molecule has 0 bridgehead atoms. The Hall–Kier alpha value is -0.260. The maximum atomic E-state index is 6.33. The molecule has 1 unspecified atom stereocenters. The van der Waals surface area contributed by atoms with Crippen LogP contribution in [0.2, 0.25) is 8.67 Å². The van der Waals surface area contributed by atoms with Gasteiger partial charge in [-0.25, -0.2) is 0 Å². The number of aryl methyl sites for hydroxylation is 1. The summed E-state index contributed by atoms with van der Waals surface area (Å²) in [6, 6.07) is 5.95. The summed E-state index contributed by atoms with van der Waals surface area (Å²) in [6.45, 7) is 4.90. The number of nitrogens with one attached hydrogen (secondary N) is 1. The molecule has 0 aliphatic carbocycles. The van der Waals surface area contributed by atoms with Crippen LogP contribution in [0.3, 0.4) is 0 Å². The second-order valence-electron chi connectivity index (χ2n) is 4.61. The average molecular weight is 409 g/mol. The van der Waals surface area contributed by atoms with Gasteiger partial charge < -0.3 is 10.1 Å². The zero-order valence-electron chi connectivity index (χ0n) is 12.0. The summed E-state index contributed by atoms with van der Waals surface area (Å²) in [5.41, 5.74) is 3.14. The smallest absolute Gasteiger partial charge is 0.124 e. The Morgan fingerprint density at radius 1 is 1.29 bits per heavy atom. The summed E-state index contributed by atoms with van der Waals surface area (Å²) < 4.78 is 7.97. The van der Waals surface area contributed by atoms with E-state index in [2.05, 4.69) is 34.2 Å². The molecule has 6 heteroatoms. The number of thiophene rings is 1. The van der Waals surface area contributed by atoms with Gasteiger partial charge in [-0.3, -0.25) is 0 Å². The Morgan fingerprint density at radius 3 is 2.52 bits per heavy atom. The van der Waals surface area contributed by atoms with Gasteiger partial charge in [0.05, 0.1) is 21.8 Å². The van der Waals surface area contributed by atoms with Gasteiger partial charge in [0.1, 0.15) is 5.75 Å². The van der Waals surface area contributed by atoms with Crippen LogP contribution in [-0.2, 0) is 0 Å². The van der Waals surface area contributed by atoms with E-state index in [4.69, 9.17) is 27.9 Å². The largest absolute Gasteiger partial charge is 0.496 e. The van der Waals surface area contributed by atoms with Crippen LogP contribution in [-0.4, -0.2) is 13.7 Å². The molecule has 0 aliphatic rings. The number of methoxy groups -OCH3 is 1. The molecule has 2 nitrogen and oxygen atoms in total. The normalized spacial score (nSPS) is 12.5. The zero-order chi connectivity index (χ0) is 15.6. The number of hydrogen-bond donors (Lipinski definition) is 1. The fourth-order valence-corrected chi connectivity index (χ4v) is 4.11. The first kappa shape index (κ1) is 17.1. The van der Waals surface area contributed by atoms with Crippen molar-refractivity contribution in [1.29, 1.82) is 0 Å². The Morgan fingerprint density at radius 2 is 2.00 bits per heavy atom. The summed E-state index contributed by atoms with van der Waals surface area (Å²) in [5, 5.41) is 3.45. The van der Waals surface area contributed by atoms with Crippen molar-refractivity contribution in [3.8, 4) is 5.75 Å². The molecule has 0 radical (unpaired) electrons. The van der Waals surface area contributed by atoms with E-state index in [1.54, 1.807) is 7.11 Å². The minimum Gasteiger partial charge on any atom is -0.496 e. The highest BCUT2D eigenvalue weighted by molar-refractivity contribution is 9.10. The van der Waals surface area contributed by atoms with E-state index in [0.29, 0.717) is 8.67 Å². The summed E-state index contributed by atoms with van der Waals surface area (Å²) in [6.07, 6.45) is 0. The van der Waals surface area contributed by atoms with E-state index < -0.39 is 0 Å². The highest BCUT2D eigenvalue weighted by Crippen LogP contribution is 2.41. The highest BCUT2D eigenvalue weighted by atomic mass is 79.9. The van der Waals surface area contributed by atoms with Crippen molar-refractivity contribution in [2.75, 3.05) is 13.7 Å². The van der Waals surface area contributed by atoms with Crippen LogP contribution in [0.5, 0.6) is 5.75 Å². The molecular formula is C15H16BrCl2NOS. The van der Waals surface area contributed by atoms with Crippen molar-refractivity contribution in [3.05, 3.63) is 48.0 Å². The van der Waals surface area contributed by atoms with Gasteiger partial charge in [-0.15, -0.1) is 11.3 Å². The molecule has 21 heavy (non-hydrogen) atoms. The molecule has 2 rings (SSSR count). The van der Waals surface area contributed by atoms with Crippen LogP contribution in [0.15, 0.2) is 22.7 Å². The van der Waals surface area contributed by atoms with Gasteiger partial charge in [0.15, 0.2) is 0 Å². The van der Waals surface area contributed by atoms with E-state index in [-0.39, 0.29) is 6.04 Å². The van der Waals surface area contributed by atoms with Crippen LogP contribution in [0.1, 0.15) is 29.7 Å². The molecule has 0 saturated carbocycles. The Labute approximate surface area is 147 Å². The molecule has 0 saturated heterocycles. The Bertz CT molecular complexity index is 645. The van der Waals surface area contributed by atoms with Crippen molar-refractivity contribution in [1.82, 2.24) is 5.32 Å². The molecule has 114 valence electrons. The molecule has 2 aromatic rings. The molecule has 0 amide bonds. The summed E-state index contributed by atoms with van der Waals surface area (Å²) in [7, 11) is 1.68. The van der Waals surface area contributed by atoms with Crippen LogP contribution >= 0.6 is 50.5 Å². The third kappa shape index (κ3) is 3.74. The van der Waals surface area contributed by atoms with Gasteiger partial charge >= 0.3 is 0 Å². The molecule has 0 fully saturated rings. The number of halogens is 3. The average Bonchev–Trinajstić information content (AvgIpc) is 2.77. The van der Waals surface area contributed by atoms with Crippen molar-refractivity contribution >= 4 is 50.5 Å². The van der Waals surface area contributed by atoms with E-state index in [9.17, 15) is 0 Å². The first-order valence-electron chi connectivity index (χ1n) is 6.50. The van der Waals surface area contributed by atoms with Crippen LogP contribution in [0, 0.1) is 6.92 Å². The number of hydrogen-bond acceptors (Lipinski definition) is 3. The monoisotopic (exact) mass is 407 g/mol. The zero-order valence-corrected chi connectivity index (χ0v) is 15.9. The van der Waals surface area contributed by atoms with E-state index in [1.807, 2.05) is 19.1 Å². The van der Waals surface area contributed by atoms with E-state index in [1.165, 1.54) is 11.3 Å². The van der Waals surface area contributed by atoms with Crippen molar-refractivity contribution in [2.45, 2.75) is 19.9 Å². The predicted octanol–water partition coefficient (Wildman–Crippen LogP) is 5.83. The third-order valence-corrected chi connectivity index (χ3v) is 5.60. The molecule has 1 N–H and O–H groups in total. The third-order valence-electron chi connectivity index (χ3n) is 3.22. The first-order chi connectivity index (χ1) is 9.97. The van der Waals surface area contributed by atoms with E-state index in [0.717, 1.165) is 33.5 Å². The molecule has 0 spiro atoms. The number of benzene rings is 1. The van der Waals surface area contributed by atoms with E-state index >= 15 is 0 Å².